The van der Waals surface area contributed by atoms with E-state index in [0.717, 1.165) is 11.3 Å². The van der Waals surface area contributed by atoms with Crippen LogP contribution in [-0.2, 0) is 9.59 Å². The number of rotatable bonds is 4. The van der Waals surface area contributed by atoms with Crippen LogP contribution in [-0.4, -0.2) is 58.3 Å². The third-order valence-corrected chi connectivity index (χ3v) is 5.48. The number of carboxylic acid groups (broad SMARTS) is 1. The van der Waals surface area contributed by atoms with Crippen molar-refractivity contribution in [3.8, 4) is 11.3 Å². The van der Waals surface area contributed by atoms with E-state index in [-0.39, 0.29) is 19.0 Å². The van der Waals surface area contributed by atoms with E-state index in [2.05, 4.69) is 10.2 Å². The Morgan fingerprint density at radius 3 is 2.54 bits per heavy atom. The molecule has 3 heterocycles. The number of aromatic nitrogens is 2. The lowest BCUT2D eigenvalue weighted by atomic mass is 9.81. The minimum Gasteiger partial charge on any atom is -0.481 e. The number of amides is 1. The van der Waals surface area contributed by atoms with E-state index in [9.17, 15) is 14.7 Å². The second-order valence-corrected chi connectivity index (χ2v) is 6.89. The molecule has 0 saturated carbocycles. The van der Waals surface area contributed by atoms with Gasteiger partial charge in [-0.05, 0) is 19.1 Å². The van der Waals surface area contributed by atoms with Crippen molar-refractivity contribution in [3.63, 3.8) is 0 Å². The molecule has 2 aliphatic heterocycles. The second kappa shape index (κ2) is 6.09. The minimum absolute atomic E-state index is 0.0775. The Labute approximate surface area is 151 Å². The molecule has 7 heteroatoms. The summed E-state index contributed by atoms with van der Waals surface area (Å²) in [5.74, 6) is -0.916. The van der Waals surface area contributed by atoms with Crippen LogP contribution in [0.15, 0.2) is 42.5 Å². The lowest BCUT2D eigenvalue weighted by Crippen LogP contribution is -2.41. The van der Waals surface area contributed by atoms with Crippen molar-refractivity contribution in [3.05, 3.63) is 42.5 Å². The molecular weight excluding hydrogens is 332 g/mol. The van der Waals surface area contributed by atoms with Crippen LogP contribution in [0, 0.1) is 11.3 Å². The number of carbonyl (C=O) groups is 2. The summed E-state index contributed by atoms with van der Waals surface area (Å²) in [4.78, 5) is 28.0. The summed E-state index contributed by atoms with van der Waals surface area (Å²) in [6, 6.07) is 13.5. The van der Waals surface area contributed by atoms with E-state index in [0.29, 0.717) is 18.9 Å². The predicted octanol–water partition coefficient (Wildman–Crippen LogP) is 1.51. The standard InChI is InChI=1S/C19H20N4O3/c1-2-22-11-19(18(25)26)12-23(10-14(19)17(22)24)16-9-8-15(20-21-16)13-6-4-3-5-7-13/h3-9,14H,2,10-12H2,1H3,(H,25,26)/t14-,19+/m0/s1. The SMILES string of the molecule is CCN1C[C@@]2(C(=O)O)CN(c3ccc(-c4ccccc4)nn3)C[C@H]2C1=O. The number of likely N-dealkylation sites (tertiary alicyclic amines) is 1. The van der Waals surface area contributed by atoms with Gasteiger partial charge in [-0.1, -0.05) is 30.3 Å². The molecule has 2 fully saturated rings. The number of aliphatic carboxylic acids is 1. The number of fused-ring (bicyclic) bond motifs is 1. The summed E-state index contributed by atoms with van der Waals surface area (Å²) < 4.78 is 0. The number of benzene rings is 1. The van der Waals surface area contributed by atoms with E-state index in [1.165, 1.54) is 0 Å². The quantitative estimate of drug-likeness (QED) is 0.898. The summed E-state index contributed by atoms with van der Waals surface area (Å²) in [6.07, 6.45) is 0. The topological polar surface area (TPSA) is 86.6 Å². The van der Waals surface area contributed by atoms with Gasteiger partial charge in [-0.3, -0.25) is 9.59 Å². The monoisotopic (exact) mass is 352 g/mol. The highest BCUT2D eigenvalue weighted by Crippen LogP contribution is 2.44. The Kier molecular flexibility index (Phi) is 3.86. The summed E-state index contributed by atoms with van der Waals surface area (Å²) in [5.41, 5.74) is 0.669. The molecule has 2 aliphatic rings. The number of carbonyl (C=O) groups excluding carboxylic acids is 1. The van der Waals surface area contributed by atoms with Gasteiger partial charge in [-0.15, -0.1) is 10.2 Å². The van der Waals surface area contributed by atoms with E-state index >= 15 is 0 Å². The van der Waals surface area contributed by atoms with Crippen LogP contribution in [0.2, 0.25) is 0 Å². The fourth-order valence-corrected chi connectivity index (χ4v) is 4.01. The van der Waals surface area contributed by atoms with Gasteiger partial charge in [0.25, 0.3) is 0 Å². The van der Waals surface area contributed by atoms with Crippen molar-refractivity contribution in [1.29, 1.82) is 0 Å². The van der Waals surface area contributed by atoms with Gasteiger partial charge in [-0.25, -0.2) is 0 Å². The molecule has 0 spiro atoms. The molecule has 0 bridgehead atoms. The molecule has 1 aromatic carbocycles. The Balaban J connectivity index is 1.59. The largest absolute Gasteiger partial charge is 0.481 e. The third-order valence-electron chi connectivity index (χ3n) is 5.48. The molecular formula is C19H20N4O3. The zero-order chi connectivity index (χ0) is 18.3. The van der Waals surface area contributed by atoms with Gasteiger partial charge in [-0.2, -0.15) is 0 Å². The minimum atomic E-state index is -1.06. The van der Waals surface area contributed by atoms with Crippen LogP contribution in [0.5, 0.6) is 0 Å². The van der Waals surface area contributed by atoms with Crippen LogP contribution >= 0.6 is 0 Å². The van der Waals surface area contributed by atoms with E-state index in [1.54, 1.807) is 4.90 Å². The summed E-state index contributed by atoms with van der Waals surface area (Å²) in [6.45, 7) is 3.31. The maximum absolute atomic E-state index is 12.5. The first kappa shape index (κ1) is 16.5. The van der Waals surface area contributed by atoms with Gasteiger partial charge < -0.3 is 14.9 Å². The van der Waals surface area contributed by atoms with Crippen LogP contribution in [0.25, 0.3) is 11.3 Å². The van der Waals surface area contributed by atoms with Crippen molar-refractivity contribution in [2.75, 3.05) is 31.1 Å². The average Bonchev–Trinajstić information content (AvgIpc) is 3.18. The Morgan fingerprint density at radius 2 is 1.96 bits per heavy atom. The molecule has 26 heavy (non-hydrogen) atoms. The van der Waals surface area contributed by atoms with Gasteiger partial charge in [0.05, 0.1) is 11.6 Å². The molecule has 2 aromatic rings. The van der Waals surface area contributed by atoms with E-state index in [1.807, 2.05) is 54.3 Å². The average molecular weight is 352 g/mol. The van der Waals surface area contributed by atoms with E-state index < -0.39 is 17.3 Å². The lowest BCUT2D eigenvalue weighted by Gasteiger charge is -2.25. The number of nitrogens with zero attached hydrogens (tertiary/aromatic N) is 4. The van der Waals surface area contributed by atoms with Gasteiger partial charge in [0, 0.05) is 31.7 Å². The number of carboxylic acids is 1. The molecule has 4 rings (SSSR count). The van der Waals surface area contributed by atoms with Gasteiger partial charge in [0.15, 0.2) is 5.82 Å². The maximum atomic E-state index is 12.5. The molecule has 2 saturated heterocycles. The Morgan fingerprint density at radius 1 is 1.19 bits per heavy atom. The van der Waals surface area contributed by atoms with Crippen molar-refractivity contribution in [1.82, 2.24) is 15.1 Å². The van der Waals surface area contributed by atoms with Crippen LogP contribution < -0.4 is 4.90 Å². The Bertz CT molecular complexity index is 840. The molecule has 1 N–H and O–H groups in total. The van der Waals surface area contributed by atoms with Crippen molar-refractivity contribution in [2.24, 2.45) is 11.3 Å². The second-order valence-electron chi connectivity index (χ2n) is 6.89. The van der Waals surface area contributed by atoms with E-state index in [4.69, 9.17) is 0 Å². The highest BCUT2D eigenvalue weighted by Gasteiger charge is 2.62. The molecule has 1 aromatic heterocycles. The summed E-state index contributed by atoms with van der Waals surface area (Å²) in [5, 5.41) is 18.4. The van der Waals surface area contributed by atoms with Crippen molar-refractivity contribution < 1.29 is 14.7 Å². The highest BCUT2D eigenvalue weighted by molar-refractivity contribution is 5.93. The van der Waals surface area contributed by atoms with Crippen molar-refractivity contribution >= 4 is 17.7 Å². The predicted molar refractivity (Wildman–Crippen MR) is 95.5 cm³/mol. The molecule has 1 amide bonds. The van der Waals surface area contributed by atoms with Crippen LogP contribution in [0.4, 0.5) is 5.82 Å². The zero-order valence-electron chi connectivity index (χ0n) is 14.5. The van der Waals surface area contributed by atoms with Crippen LogP contribution in [0.1, 0.15) is 6.92 Å². The molecule has 2 atom stereocenters. The highest BCUT2D eigenvalue weighted by atomic mass is 16.4. The van der Waals surface area contributed by atoms with Crippen molar-refractivity contribution in [2.45, 2.75) is 6.92 Å². The smallest absolute Gasteiger partial charge is 0.314 e. The molecule has 0 unspecified atom stereocenters. The first-order valence-electron chi connectivity index (χ1n) is 8.71. The van der Waals surface area contributed by atoms with Gasteiger partial charge in [0.2, 0.25) is 5.91 Å². The lowest BCUT2D eigenvalue weighted by molar-refractivity contribution is -0.149. The summed E-state index contributed by atoms with van der Waals surface area (Å²) >= 11 is 0. The maximum Gasteiger partial charge on any atom is 0.314 e. The summed E-state index contributed by atoms with van der Waals surface area (Å²) in [7, 11) is 0. The van der Waals surface area contributed by atoms with Gasteiger partial charge in [0.1, 0.15) is 5.41 Å². The molecule has 134 valence electrons. The number of hydrogen-bond donors (Lipinski definition) is 1. The molecule has 0 radical (unpaired) electrons. The Hall–Kier alpha value is -2.96. The fourth-order valence-electron chi connectivity index (χ4n) is 4.01. The van der Waals surface area contributed by atoms with Crippen LogP contribution in [0.3, 0.4) is 0 Å². The normalized spacial score (nSPS) is 24.8. The zero-order valence-corrected chi connectivity index (χ0v) is 14.5. The number of anilines is 1. The molecule has 7 nitrogen and oxygen atoms in total. The first-order valence-corrected chi connectivity index (χ1v) is 8.71. The fraction of sp³-hybridized carbons (Fsp3) is 0.368. The molecule has 0 aliphatic carbocycles. The van der Waals surface area contributed by atoms with Gasteiger partial charge >= 0.3 is 5.97 Å². The number of hydrogen-bond acceptors (Lipinski definition) is 5. The first-order chi connectivity index (χ1) is 12.5. The third kappa shape index (κ3) is 2.42.